The predicted molar refractivity (Wildman–Crippen MR) is 151 cm³/mol. The third-order valence-electron chi connectivity index (χ3n) is 6.84. The normalized spacial score (nSPS) is 16.6. The van der Waals surface area contributed by atoms with Crippen molar-refractivity contribution in [3.8, 4) is 6.07 Å². The number of nitrogens with zero attached hydrogens (tertiary/aromatic N) is 4. The molecule has 2 unspecified atom stereocenters. The summed E-state index contributed by atoms with van der Waals surface area (Å²) in [6.07, 6.45) is 0.126. The number of hydrogen-bond acceptors (Lipinski definition) is 5. The zero-order valence-electron chi connectivity index (χ0n) is 22.7. The Kier molecular flexibility index (Phi) is 8.77. The van der Waals surface area contributed by atoms with Crippen LogP contribution in [0.2, 0.25) is 0 Å². The number of amides is 3. The van der Waals surface area contributed by atoms with Crippen LogP contribution in [-0.4, -0.2) is 55.9 Å². The summed E-state index contributed by atoms with van der Waals surface area (Å²) in [5.74, 6) is -1.72. The molecule has 40 heavy (non-hydrogen) atoms. The Morgan fingerprint density at radius 3 is 2.02 bits per heavy atom. The van der Waals surface area contributed by atoms with Crippen molar-refractivity contribution in [2.75, 3.05) is 0 Å². The van der Waals surface area contributed by atoms with E-state index in [2.05, 4.69) is 0 Å². The van der Waals surface area contributed by atoms with Gasteiger partial charge in [0.15, 0.2) is 6.10 Å². The number of nitriles is 1. The molecule has 0 aliphatic carbocycles. The summed E-state index contributed by atoms with van der Waals surface area (Å²) in [6.45, 7) is 4.96. The van der Waals surface area contributed by atoms with E-state index in [0.29, 0.717) is 11.1 Å². The summed E-state index contributed by atoms with van der Waals surface area (Å²) in [5.41, 5.74) is 2.07. The molecule has 0 spiro atoms. The molecule has 1 heterocycles. The van der Waals surface area contributed by atoms with Crippen LogP contribution in [0.25, 0.3) is 5.70 Å². The second-order valence-corrected chi connectivity index (χ2v) is 9.99. The van der Waals surface area contributed by atoms with Crippen molar-refractivity contribution in [2.24, 2.45) is 5.92 Å². The second kappa shape index (κ2) is 12.4. The molecule has 4 rings (SSSR count). The maximum atomic E-state index is 14.4. The van der Waals surface area contributed by atoms with E-state index in [4.69, 9.17) is 0 Å². The number of rotatable bonds is 8. The molecule has 0 bridgehead atoms. The Morgan fingerprint density at radius 2 is 1.50 bits per heavy atom. The van der Waals surface area contributed by atoms with Gasteiger partial charge < -0.3 is 5.11 Å². The Labute approximate surface area is 234 Å². The molecular weight excluding hydrogens is 504 g/mol. The molecule has 1 aliphatic heterocycles. The van der Waals surface area contributed by atoms with Crippen molar-refractivity contribution in [3.63, 3.8) is 0 Å². The molecule has 0 fully saturated rings. The molecule has 1 N–H and O–H groups in total. The van der Waals surface area contributed by atoms with Gasteiger partial charge in [-0.15, -0.1) is 0 Å². The number of carbonyl (C=O) groups excluding carboxylic acids is 3. The number of benzene rings is 3. The average molecular weight is 537 g/mol. The largest absolute Gasteiger partial charge is 0.376 e. The number of hydrogen-bond donors (Lipinski definition) is 1. The molecular formula is C32H32N4O4. The number of hydrazine groups is 1. The molecule has 8 heteroatoms. The second-order valence-electron chi connectivity index (χ2n) is 9.99. The Hall–Kier alpha value is -4.74. The first-order valence-electron chi connectivity index (χ1n) is 13.1. The van der Waals surface area contributed by atoms with Crippen LogP contribution in [0, 0.1) is 17.2 Å². The quantitative estimate of drug-likeness (QED) is 0.434. The van der Waals surface area contributed by atoms with E-state index in [9.17, 15) is 24.8 Å². The standard InChI is InChI=1S/C32H32N4O4/c1-22(2)30-32(40)36(35(23(3)37)27(29(38)20-33)19-24-13-7-4-8-14-24)28(25-15-9-5-10-16-25)21-34(30)31(39)26-17-11-6-12-18-26/h4-18,21-22,27,29-30,38H,19H2,1-3H3/t27-,29?,30?/m0/s1. The highest BCUT2D eigenvalue weighted by atomic mass is 16.3. The van der Waals surface area contributed by atoms with Gasteiger partial charge in [0.2, 0.25) is 5.91 Å². The number of aliphatic hydroxyl groups excluding tert-OH is 1. The van der Waals surface area contributed by atoms with Crippen LogP contribution in [0.4, 0.5) is 0 Å². The van der Waals surface area contributed by atoms with Gasteiger partial charge >= 0.3 is 0 Å². The van der Waals surface area contributed by atoms with Crippen LogP contribution >= 0.6 is 0 Å². The third kappa shape index (κ3) is 5.80. The van der Waals surface area contributed by atoms with Gasteiger partial charge in [0.25, 0.3) is 11.8 Å². The average Bonchev–Trinajstić information content (AvgIpc) is 2.97. The van der Waals surface area contributed by atoms with E-state index in [-0.39, 0.29) is 23.9 Å². The van der Waals surface area contributed by atoms with E-state index >= 15 is 0 Å². The van der Waals surface area contributed by atoms with E-state index in [1.165, 1.54) is 21.8 Å². The highest BCUT2D eigenvalue weighted by molar-refractivity contribution is 6.03. The molecule has 3 atom stereocenters. The summed E-state index contributed by atoms with van der Waals surface area (Å²) in [6, 6.07) is 26.6. The minimum absolute atomic E-state index is 0.125. The van der Waals surface area contributed by atoms with Gasteiger partial charge in [-0.3, -0.25) is 19.3 Å². The van der Waals surface area contributed by atoms with E-state index < -0.39 is 30.0 Å². The zero-order chi connectivity index (χ0) is 28.8. The predicted octanol–water partition coefficient (Wildman–Crippen LogP) is 4.25. The number of carbonyl (C=O) groups is 3. The van der Waals surface area contributed by atoms with Crippen LogP contribution in [0.15, 0.2) is 97.2 Å². The molecule has 204 valence electrons. The Balaban J connectivity index is 1.91. The fraction of sp³-hybridized carbons (Fsp3) is 0.250. The molecule has 3 aromatic carbocycles. The van der Waals surface area contributed by atoms with Crippen molar-refractivity contribution in [3.05, 3.63) is 114 Å². The van der Waals surface area contributed by atoms with Gasteiger partial charge in [0, 0.05) is 24.3 Å². The van der Waals surface area contributed by atoms with Crippen molar-refractivity contribution in [2.45, 2.75) is 45.4 Å². The Bertz CT molecular complexity index is 1420. The van der Waals surface area contributed by atoms with Crippen molar-refractivity contribution in [1.29, 1.82) is 5.26 Å². The highest BCUT2D eigenvalue weighted by Gasteiger charge is 2.46. The van der Waals surface area contributed by atoms with Crippen LogP contribution in [0.3, 0.4) is 0 Å². The summed E-state index contributed by atoms with van der Waals surface area (Å²) in [4.78, 5) is 42.9. The van der Waals surface area contributed by atoms with Crippen LogP contribution in [-0.2, 0) is 16.0 Å². The zero-order valence-corrected chi connectivity index (χ0v) is 22.7. The topological polar surface area (TPSA) is 105 Å². The first kappa shape index (κ1) is 28.3. The summed E-state index contributed by atoms with van der Waals surface area (Å²) in [5, 5.41) is 23.0. The highest BCUT2D eigenvalue weighted by Crippen LogP contribution is 2.34. The molecule has 0 saturated carbocycles. The van der Waals surface area contributed by atoms with Crippen LogP contribution in [0.1, 0.15) is 42.3 Å². The third-order valence-corrected chi connectivity index (χ3v) is 6.84. The summed E-state index contributed by atoms with van der Waals surface area (Å²) in [7, 11) is 0. The lowest BCUT2D eigenvalue weighted by molar-refractivity contribution is -0.167. The lowest BCUT2D eigenvalue weighted by atomic mass is 9.96. The van der Waals surface area contributed by atoms with Gasteiger partial charge in [-0.1, -0.05) is 92.7 Å². The smallest absolute Gasteiger partial charge is 0.269 e. The van der Waals surface area contributed by atoms with E-state index in [1.54, 1.807) is 54.7 Å². The van der Waals surface area contributed by atoms with E-state index in [1.807, 2.05) is 62.4 Å². The van der Waals surface area contributed by atoms with Gasteiger partial charge in [-0.05, 0) is 30.0 Å². The molecule has 3 aromatic rings. The fourth-order valence-corrected chi connectivity index (χ4v) is 4.97. The summed E-state index contributed by atoms with van der Waals surface area (Å²) >= 11 is 0. The van der Waals surface area contributed by atoms with Crippen molar-refractivity contribution in [1.82, 2.24) is 14.9 Å². The summed E-state index contributed by atoms with van der Waals surface area (Å²) < 4.78 is 0. The fourth-order valence-electron chi connectivity index (χ4n) is 4.97. The minimum Gasteiger partial charge on any atom is -0.376 e. The maximum Gasteiger partial charge on any atom is 0.269 e. The van der Waals surface area contributed by atoms with Crippen molar-refractivity contribution >= 4 is 23.4 Å². The Morgan fingerprint density at radius 1 is 0.950 bits per heavy atom. The maximum absolute atomic E-state index is 14.4. The minimum atomic E-state index is -1.59. The van der Waals surface area contributed by atoms with Gasteiger partial charge in [0.05, 0.1) is 17.8 Å². The first-order valence-corrected chi connectivity index (χ1v) is 13.1. The lowest BCUT2D eigenvalue weighted by Gasteiger charge is -2.47. The molecule has 1 aliphatic rings. The van der Waals surface area contributed by atoms with Gasteiger partial charge in [0.1, 0.15) is 6.04 Å². The molecule has 3 amide bonds. The van der Waals surface area contributed by atoms with Gasteiger partial charge in [-0.2, -0.15) is 5.26 Å². The SMILES string of the molecule is CC(=O)N([C@@H](Cc1ccccc1)C(O)C#N)N1C(=O)C(C(C)C)N(C(=O)c2ccccc2)C=C1c1ccccc1. The molecule has 0 aromatic heterocycles. The van der Waals surface area contributed by atoms with Crippen molar-refractivity contribution < 1.29 is 19.5 Å². The first-order chi connectivity index (χ1) is 19.2. The van der Waals surface area contributed by atoms with E-state index in [0.717, 1.165) is 5.56 Å². The van der Waals surface area contributed by atoms with Crippen LogP contribution in [0.5, 0.6) is 0 Å². The monoisotopic (exact) mass is 536 g/mol. The lowest BCUT2D eigenvalue weighted by Crippen LogP contribution is -2.64. The molecule has 8 nitrogen and oxygen atoms in total. The number of aliphatic hydroxyl groups is 1. The van der Waals surface area contributed by atoms with Crippen LogP contribution < -0.4 is 0 Å². The van der Waals surface area contributed by atoms with Gasteiger partial charge in [-0.25, -0.2) is 10.0 Å². The molecule has 0 radical (unpaired) electrons. The molecule has 0 saturated heterocycles.